The van der Waals surface area contributed by atoms with E-state index < -0.39 is 0 Å². The molecule has 0 amide bonds. The Morgan fingerprint density at radius 1 is 1.23 bits per heavy atom. The van der Waals surface area contributed by atoms with Gasteiger partial charge in [-0.3, -0.25) is 0 Å². The zero-order valence-corrected chi connectivity index (χ0v) is 8.17. The van der Waals surface area contributed by atoms with E-state index in [4.69, 9.17) is 9.15 Å². The molecule has 1 aliphatic heterocycles. The minimum atomic E-state index is 0.759. The number of ether oxygens (including phenoxy) is 1. The van der Waals surface area contributed by atoms with E-state index in [0.29, 0.717) is 0 Å². The fourth-order valence-corrected chi connectivity index (χ4v) is 2.04. The van der Waals surface area contributed by atoms with Crippen molar-refractivity contribution in [2.75, 3.05) is 0 Å². The summed E-state index contributed by atoms with van der Waals surface area (Å²) in [6.07, 6.45) is 3.56. The van der Waals surface area contributed by atoms with E-state index in [2.05, 4.69) is 15.9 Å². The van der Waals surface area contributed by atoms with Crippen molar-refractivity contribution in [3.05, 3.63) is 34.7 Å². The van der Waals surface area contributed by atoms with Gasteiger partial charge in [-0.2, -0.15) is 0 Å². The molecule has 3 heteroatoms. The SMILES string of the molecule is Brc1oc2cccc3c2c1C=CO3. The smallest absolute Gasteiger partial charge is 0.177 e. The molecule has 2 aromatic rings. The first kappa shape index (κ1) is 7.21. The summed E-state index contributed by atoms with van der Waals surface area (Å²) in [4.78, 5) is 0. The highest BCUT2D eigenvalue weighted by Gasteiger charge is 2.16. The summed E-state index contributed by atoms with van der Waals surface area (Å²) >= 11 is 3.36. The number of furan rings is 1. The minimum absolute atomic E-state index is 0.759. The summed E-state index contributed by atoms with van der Waals surface area (Å²) in [5.74, 6) is 0.851. The maximum atomic E-state index is 5.50. The second-order valence-corrected chi connectivity index (χ2v) is 3.56. The third-order valence-corrected chi connectivity index (χ3v) is 2.69. The molecule has 0 saturated carbocycles. The van der Waals surface area contributed by atoms with E-state index in [0.717, 1.165) is 27.0 Å². The highest BCUT2D eigenvalue weighted by molar-refractivity contribution is 9.10. The van der Waals surface area contributed by atoms with E-state index >= 15 is 0 Å². The highest BCUT2D eigenvalue weighted by atomic mass is 79.9. The largest absolute Gasteiger partial charge is 0.464 e. The van der Waals surface area contributed by atoms with E-state index in [1.807, 2.05) is 24.3 Å². The molecule has 2 nitrogen and oxygen atoms in total. The van der Waals surface area contributed by atoms with Gasteiger partial charge in [0.2, 0.25) is 0 Å². The summed E-state index contributed by atoms with van der Waals surface area (Å²) in [6, 6.07) is 5.77. The van der Waals surface area contributed by atoms with E-state index in [1.165, 1.54) is 0 Å². The van der Waals surface area contributed by atoms with Gasteiger partial charge >= 0.3 is 0 Å². The Morgan fingerprint density at radius 3 is 3.08 bits per heavy atom. The lowest BCUT2D eigenvalue weighted by Crippen LogP contribution is -1.88. The number of halogens is 1. The Labute approximate surface area is 82.9 Å². The van der Waals surface area contributed by atoms with Crippen LogP contribution >= 0.6 is 15.9 Å². The molecule has 2 heterocycles. The van der Waals surface area contributed by atoms with Crippen LogP contribution in [0.25, 0.3) is 17.0 Å². The summed E-state index contributed by atoms with van der Waals surface area (Å²) in [7, 11) is 0. The van der Waals surface area contributed by atoms with Gasteiger partial charge in [0.1, 0.15) is 11.3 Å². The first-order chi connectivity index (χ1) is 6.36. The van der Waals surface area contributed by atoms with Crippen LogP contribution in [0.1, 0.15) is 5.56 Å². The zero-order valence-electron chi connectivity index (χ0n) is 6.58. The first-order valence-electron chi connectivity index (χ1n) is 3.90. The van der Waals surface area contributed by atoms with Crippen molar-refractivity contribution in [3.8, 4) is 5.75 Å². The fraction of sp³-hybridized carbons (Fsp3) is 0. The van der Waals surface area contributed by atoms with Gasteiger partial charge in [0, 0.05) is 5.56 Å². The number of hydrogen-bond donors (Lipinski definition) is 0. The molecule has 1 aromatic heterocycles. The van der Waals surface area contributed by atoms with Crippen molar-refractivity contribution in [1.29, 1.82) is 0 Å². The predicted molar refractivity (Wildman–Crippen MR) is 53.6 cm³/mol. The monoisotopic (exact) mass is 236 g/mol. The lowest BCUT2D eigenvalue weighted by molar-refractivity contribution is 0.488. The molecule has 3 rings (SSSR count). The van der Waals surface area contributed by atoms with Gasteiger partial charge in [-0.25, -0.2) is 0 Å². The van der Waals surface area contributed by atoms with Gasteiger partial charge in [0.05, 0.1) is 11.6 Å². The molecule has 0 atom stereocenters. The van der Waals surface area contributed by atoms with Crippen molar-refractivity contribution >= 4 is 33.0 Å². The molecule has 0 spiro atoms. The lowest BCUT2D eigenvalue weighted by atomic mass is 10.1. The van der Waals surface area contributed by atoms with Crippen LogP contribution in [0, 0.1) is 0 Å². The molecule has 0 fully saturated rings. The van der Waals surface area contributed by atoms with Crippen LogP contribution in [-0.2, 0) is 0 Å². The molecule has 64 valence electrons. The summed E-state index contributed by atoms with van der Waals surface area (Å²) in [5, 5.41) is 1.04. The molecule has 0 bridgehead atoms. The Bertz CT molecular complexity index is 511. The van der Waals surface area contributed by atoms with E-state index in [9.17, 15) is 0 Å². The van der Waals surface area contributed by atoms with Gasteiger partial charge in [0.15, 0.2) is 4.67 Å². The maximum absolute atomic E-state index is 5.50. The van der Waals surface area contributed by atoms with Crippen LogP contribution in [0.15, 0.2) is 33.5 Å². The molecule has 0 saturated heterocycles. The molecule has 0 N–H and O–H groups in total. The van der Waals surface area contributed by atoms with Crippen molar-refractivity contribution in [2.24, 2.45) is 0 Å². The predicted octanol–water partition coefficient (Wildman–Crippen LogP) is 3.56. The third-order valence-electron chi connectivity index (χ3n) is 2.10. The Balaban J connectivity index is 2.57. The molecule has 0 radical (unpaired) electrons. The second-order valence-electron chi connectivity index (χ2n) is 2.84. The van der Waals surface area contributed by atoms with Crippen molar-refractivity contribution < 1.29 is 9.15 Å². The summed E-state index contributed by atoms with van der Waals surface area (Å²) < 4.78 is 11.6. The average molecular weight is 237 g/mol. The molecule has 0 unspecified atom stereocenters. The van der Waals surface area contributed by atoms with Gasteiger partial charge in [-0.15, -0.1) is 0 Å². The Morgan fingerprint density at radius 2 is 2.15 bits per heavy atom. The van der Waals surface area contributed by atoms with E-state index in [-0.39, 0.29) is 0 Å². The molecule has 1 aliphatic rings. The Hall–Kier alpha value is -1.22. The third kappa shape index (κ3) is 0.877. The topological polar surface area (TPSA) is 22.4 Å². The Kier molecular flexibility index (Phi) is 1.32. The number of rotatable bonds is 0. The quantitative estimate of drug-likeness (QED) is 0.698. The van der Waals surface area contributed by atoms with Gasteiger partial charge in [0.25, 0.3) is 0 Å². The summed E-state index contributed by atoms with van der Waals surface area (Å²) in [5.41, 5.74) is 1.90. The van der Waals surface area contributed by atoms with E-state index in [1.54, 1.807) is 6.26 Å². The first-order valence-corrected chi connectivity index (χ1v) is 4.70. The van der Waals surface area contributed by atoms with Crippen molar-refractivity contribution in [1.82, 2.24) is 0 Å². The maximum Gasteiger partial charge on any atom is 0.177 e. The van der Waals surface area contributed by atoms with Crippen LogP contribution in [0.2, 0.25) is 0 Å². The van der Waals surface area contributed by atoms with Gasteiger partial charge in [-0.05, 0) is 34.1 Å². The lowest BCUT2D eigenvalue weighted by Gasteiger charge is -2.06. The fourth-order valence-electron chi connectivity index (χ4n) is 1.53. The normalized spacial score (nSPS) is 13.3. The van der Waals surface area contributed by atoms with Gasteiger partial charge in [-0.1, -0.05) is 6.07 Å². The van der Waals surface area contributed by atoms with Crippen LogP contribution < -0.4 is 4.74 Å². The van der Waals surface area contributed by atoms with Crippen LogP contribution in [-0.4, -0.2) is 0 Å². The number of benzene rings is 1. The molecular weight excluding hydrogens is 232 g/mol. The second kappa shape index (κ2) is 2.39. The standard InChI is InChI=1S/C10H5BrO2/c11-10-6-4-5-12-7-2-1-3-8(13-10)9(6)7/h1-5H. The number of hydrogen-bond acceptors (Lipinski definition) is 2. The van der Waals surface area contributed by atoms with Crippen molar-refractivity contribution in [3.63, 3.8) is 0 Å². The van der Waals surface area contributed by atoms with Crippen LogP contribution in [0.4, 0.5) is 0 Å². The molecular formula is C10H5BrO2. The minimum Gasteiger partial charge on any atom is -0.464 e. The molecule has 13 heavy (non-hydrogen) atoms. The summed E-state index contributed by atoms with van der Waals surface area (Å²) in [6.45, 7) is 0. The van der Waals surface area contributed by atoms with Crippen LogP contribution in [0.5, 0.6) is 5.75 Å². The molecule has 1 aromatic carbocycles. The van der Waals surface area contributed by atoms with Gasteiger partial charge < -0.3 is 9.15 Å². The highest BCUT2D eigenvalue weighted by Crippen LogP contribution is 2.39. The van der Waals surface area contributed by atoms with Crippen LogP contribution in [0.3, 0.4) is 0 Å². The molecule has 0 aliphatic carbocycles. The average Bonchev–Trinajstić information content (AvgIpc) is 2.47. The van der Waals surface area contributed by atoms with Crippen molar-refractivity contribution in [2.45, 2.75) is 0 Å². The zero-order chi connectivity index (χ0) is 8.84.